The molecule has 1 N–H and O–H groups in total. The van der Waals surface area contributed by atoms with Gasteiger partial charge in [-0.3, -0.25) is 0 Å². The van der Waals surface area contributed by atoms with Crippen molar-refractivity contribution in [2.75, 3.05) is 4.90 Å². The molecule has 1 aromatic heterocycles. The summed E-state index contributed by atoms with van der Waals surface area (Å²) in [5, 5.41) is 8.35. The average molecular weight is 668 g/mol. The molecule has 0 spiro atoms. The van der Waals surface area contributed by atoms with Crippen molar-refractivity contribution >= 4 is 66.9 Å². The third-order valence-electron chi connectivity index (χ3n) is 10.1. The van der Waals surface area contributed by atoms with Gasteiger partial charge in [0.15, 0.2) is 0 Å². The predicted molar refractivity (Wildman–Crippen MR) is 217 cm³/mol. The molecule has 0 radical (unpaired) electrons. The molecule has 10 rings (SSSR count). The molecular weight excluding hydrogens is 635 g/mol. The first kappa shape index (κ1) is 30.0. The molecule has 52 heavy (non-hydrogen) atoms. The zero-order chi connectivity index (χ0) is 34.4. The number of rotatable bonds is 6. The summed E-state index contributed by atoms with van der Waals surface area (Å²) in [6, 6.07) is 57.8. The van der Waals surface area contributed by atoms with E-state index in [1.807, 2.05) is 18.2 Å². The Kier molecular flexibility index (Phi) is 7.17. The Balaban J connectivity index is 1.13. The zero-order valence-corrected chi connectivity index (χ0v) is 28.3. The molecule has 0 bridgehead atoms. The van der Waals surface area contributed by atoms with Crippen LogP contribution in [0.15, 0.2) is 198 Å². The second kappa shape index (κ2) is 12.4. The van der Waals surface area contributed by atoms with Crippen LogP contribution < -0.4 is 10.2 Å². The first-order valence-corrected chi connectivity index (χ1v) is 17.7. The number of allylic oxidation sites excluding steroid dienone is 2. The van der Waals surface area contributed by atoms with Crippen LogP contribution in [0.1, 0.15) is 11.1 Å². The summed E-state index contributed by atoms with van der Waals surface area (Å²) >= 11 is 0. The monoisotopic (exact) mass is 667 g/mol. The molecule has 4 nitrogen and oxygen atoms in total. The molecule has 1 unspecified atom stereocenters. The maximum atomic E-state index is 6.77. The first-order chi connectivity index (χ1) is 25.8. The van der Waals surface area contributed by atoms with Crippen molar-refractivity contribution in [2.45, 2.75) is 6.04 Å². The average Bonchev–Trinajstić information content (AvgIpc) is 3.61. The fraction of sp³-hybridized carbons (Fsp3) is 0.0208. The fourth-order valence-corrected chi connectivity index (χ4v) is 7.56. The molecule has 0 fully saturated rings. The van der Waals surface area contributed by atoms with Crippen LogP contribution in [0.4, 0.5) is 17.1 Å². The number of hydrogen-bond acceptors (Lipinski definition) is 4. The van der Waals surface area contributed by atoms with Gasteiger partial charge in [-0.05, 0) is 70.4 Å². The summed E-state index contributed by atoms with van der Waals surface area (Å²) in [5.74, 6) is 0. The number of benzene rings is 7. The van der Waals surface area contributed by atoms with Gasteiger partial charge in [0.2, 0.25) is 0 Å². The molecule has 246 valence electrons. The molecule has 2 aliphatic rings. The standard InChI is InChI=1S/C48H33N3O/c1-3-14-34(15-4-1)46-47(50-42-21-11-10-20-41(42)49-46)35-25-23-33(24-26-35)39-29-30-43(45-40-19-9-12-22-44(40)52-48(39)45)51(37-17-5-2-6-18-37)38-28-27-32-13-7-8-16-36(32)31-38/h1-31,42,50H. The summed E-state index contributed by atoms with van der Waals surface area (Å²) in [6.07, 6.45) is 8.36. The zero-order valence-electron chi connectivity index (χ0n) is 28.3. The Bertz CT molecular complexity index is 2750. The number of para-hydroxylation sites is 2. The number of hydrogen-bond donors (Lipinski definition) is 1. The highest BCUT2D eigenvalue weighted by atomic mass is 16.3. The maximum Gasteiger partial charge on any atom is 0.145 e. The normalized spacial score (nSPS) is 15.2. The molecule has 7 aromatic carbocycles. The van der Waals surface area contributed by atoms with Gasteiger partial charge in [-0.1, -0.05) is 140 Å². The van der Waals surface area contributed by atoms with Gasteiger partial charge in [-0.2, -0.15) is 0 Å². The van der Waals surface area contributed by atoms with Gasteiger partial charge >= 0.3 is 0 Å². The van der Waals surface area contributed by atoms with Gasteiger partial charge in [0.05, 0.1) is 34.2 Å². The van der Waals surface area contributed by atoms with Crippen molar-refractivity contribution in [1.82, 2.24) is 5.32 Å². The molecule has 0 saturated carbocycles. The Morgan fingerprint density at radius 2 is 1.31 bits per heavy atom. The second-order valence-corrected chi connectivity index (χ2v) is 13.2. The van der Waals surface area contributed by atoms with Crippen molar-refractivity contribution in [2.24, 2.45) is 4.99 Å². The minimum atomic E-state index is 0.0324. The van der Waals surface area contributed by atoms with E-state index in [0.717, 1.165) is 78.4 Å². The number of nitrogens with zero attached hydrogens (tertiary/aromatic N) is 2. The van der Waals surface area contributed by atoms with Gasteiger partial charge in [0.1, 0.15) is 11.2 Å². The van der Waals surface area contributed by atoms with Crippen molar-refractivity contribution in [3.8, 4) is 11.1 Å². The van der Waals surface area contributed by atoms with E-state index in [-0.39, 0.29) is 6.04 Å². The van der Waals surface area contributed by atoms with E-state index in [2.05, 4.69) is 180 Å². The van der Waals surface area contributed by atoms with Crippen LogP contribution in [0.5, 0.6) is 0 Å². The number of nitrogens with one attached hydrogen (secondary N) is 1. The fourth-order valence-electron chi connectivity index (χ4n) is 7.56. The minimum Gasteiger partial charge on any atom is -0.455 e. The van der Waals surface area contributed by atoms with Crippen LogP contribution in [-0.2, 0) is 0 Å². The van der Waals surface area contributed by atoms with E-state index < -0.39 is 0 Å². The van der Waals surface area contributed by atoms with E-state index in [0.29, 0.717) is 0 Å². The van der Waals surface area contributed by atoms with Crippen LogP contribution >= 0.6 is 0 Å². The molecule has 4 heteroatoms. The Morgan fingerprint density at radius 3 is 2.15 bits per heavy atom. The smallest absolute Gasteiger partial charge is 0.145 e. The van der Waals surface area contributed by atoms with E-state index >= 15 is 0 Å². The van der Waals surface area contributed by atoms with Crippen molar-refractivity contribution in [1.29, 1.82) is 0 Å². The lowest BCUT2D eigenvalue weighted by Gasteiger charge is -2.28. The number of fused-ring (bicyclic) bond motifs is 5. The number of furan rings is 1. The maximum absolute atomic E-state index is 6.77. The van der Waals surface area contributed by atoms with Crippen molar-refractivity contribution in [3.63, 3.8) is 0 Å². The van der Waals surface area contributed by atoms with Gasteiger partial charge in [0.25, 0.3) is 0 Å². The summed E-state index contributed by atoms with van der Waals surface area (Å²) in [6.45, 7) is 0. The third kappa shape index (κ3) is 5.12. The van der Waals surface area contributed by atoms with Crippen molar-refractivity contribution < 1.29 is 4.42 Å². The molecule has 8 aromatic rings. The van der Waals surface area contributed by atoms with Crippen LogP contribution in [-0.4, -0.2) is 11.8 Å². The highest BCUT2D eigenvalue weighted by molar-refractivity contribution is 6.17. The lowest BCUT2D eigenvalue weighted by atomic mass is 9.95. The van der Waals surface area contributed by atoms with Crippen LogP contribution in [0.25, 0.3) is 55.2 Å². The lowest BCUT2D eigenvalue weighted by Crippen LogP contribution is -2.37. The molecule has 1 aliphatic heterocycles. The highest BCUT2D eigenvalue weighted by Gasteiger charge is 2.25. The highest BCUT2D eigenvalue weighted by Crippen LogP contribution is 2.46. The summed E-state index contributed by atoms with van der Waals surface area (Å²) in [4.78, 5) is 7.49. The first-order valence-electron chi connectivity index (χ1n) is 17.7. The molecule has 1 atom stereocenters. The SMILES string of the molecule is C1=CC2=NC(c3ccccc3)=C(c3ccc(-c4ccc(N(c5ccccc5)c5ccc6ccccc6c5)c5c4oc4ccccc45)cc3)NC2C=C1. The van der Waals surface area contributed by atoms with Gasteiger partial charge in [-0.25, -0.2) is 4.99 Å². The van der Waals surface area contributed by atoms with E-state index in [9.17, 15) is 0 Å². The van der Waals surface area contributed by atoms with Gasteiger partial charge in [0, 0.05) is 27.9 Å². The topological polar surface area (TPSA) is 40.8 Å². The van der Waals surface area contributed by atoms with E-state index in [4.69, 9.17) is 9.41 Å². The summed E-state index contributed by atoms with van der Waals surface area (Å²) in [7, 11) is 0. The van der Waals surface area contributed by atoms with Crippen molar-refractivity contribution in [3.05, 3.63) is 199 Å². The van der Waals surface area contributed by atoms with Crippen LogP contribution in [0.3, 0.4) is 0 Å². The van der Waals surface area contributed by atoms with E-state index in [1.165, 1.54) is 10.8 Å². The lowest BCUT2D eigenvalue weighted by molar-refractivity contribution is 0.670. The molecule has 0 amide bonds. The third-order valence-corrected chi connectivity index (χ3v) is 10.1. The Morgan fingerprint density at radius 1 is 0.577 bits per heavy atom. The second-order valence-electron chi connectivity index (χ2n) is 13.2. The van der Waals surface area contributed by atoms with Crippen LogP contribution in [0.2, 0.25) is 0 Å². The number of aliphatic imine (C=N–C) groups is 1. The van der Waals surface area contributed by atoms with E-state index in [1.54, 1.807) is 0 Å². The van der Waals surface area contributed by atoms with Gasteiger partial charge < -0.3 is 14.6 Å². The van der Waals surface area contributed by atoms with Crippen LogP contribution in [0, 0.1) is 0 Å². The number of anilines is 3. The Hall–Kier alpha value is -6.91. The molecule has 1 aliphatic carbocycles. The molecule has 0 saturated heterocycles. The quantitative estimate of drug-likeness (QED) is 0.192. The largest absolute Gasteiger partial charge is 0.455 e. The summed E-state index contributed by atoms with van der Waals surface area (Å²) in [5.41, 5.74) is 12.2. The molecule has 2 heterocycles. The van der Waals surface area contributed by atoms with Gasteiger partial charge in [-0.15, -0.1) is 0 Å². The minimum absolute atomic E-state index is 0.0324. The Labute approximate surface area is 302 Å². The predicted octanol–water partition coefficient (Wildman–Crippen LogP) is 12.2. The summed E-state index contributed by atoms with van der Waals surface area (Å²) < 4.78 is 6.77. The molecular formula is C48H33N3O.